The Morgan fingerprint density at radius 1 is 1.24 bits per heavy atom. The summed E-state index contributed by atoms with van der Waals surface area (Å²) in [6.45, 7) is 2.80. The molecule has 2 rings (SSSR count). The Morgan fingerprint density at radius 2 is 2.12 bits per heavy atom. The van der Waals surface area contributed by atoms with Gasteiger partial charge in [-0.3, -0.25) is 0 Å². The van der Waals surface area contributed by atoms with E-state index in [1.807, 2.05) is 7.11 Å². The van der Waals surface area contributed by atoms with E-state index in [9.17, 15) is 0 Å². The van der Waals surface area contributed by atoms with Crippen LogP contribution < -0.4 is 0 Å². The topological polar surface area (TPSA) is 32.7 Å². The number of piperidine rings is 1. The van der Waals surface area contributed by atoms with Crippen LogP contribution in [0.3, 0.4) is 0 Å². The third-order valence-electron chi connectivity index (χ3n) is 4.54. The van der Waals surface area contributed by atoms with E-state index in [2.05, 4.69) is 4.90 Å². The van der Waals surface area contributed by atoms with Crippen LogP contribution in [0.1, 0.15) is 44.9 Å². The number of aliphatic hydroxyl groups excluding tert-OH is 1. The minimum absolute atomic E-state index is 0.351. The molecule has 3 heteroatoms. The van der Waals surface area contributed by atoms with Gasteiger partial charge in [0.25, 0.3) is 0 Å². The Bertz CT molecular complexity index is 220. The van der Waals surface area contributed by atoms with Gasteiger partial charge in [0.1, 0.15) is 0 Å². The van der Waals surface area contributed by atoms with Gasteiger partial charge in [0.05, 0.1) is 6.10 Å². The molecule has 3 unspecified atom stereocenters. The van der Waals surface area contributed by atoms with Crippen LogP contribution in [0.2, 0.25) is 0 Å². The lowest BCUT2D eigenvalue weighted by molar-refractivity contribution is 0.0129. The maximum Gasteiger partial charge on any atom is 0.0586 e. The zero-order valence-electron chi connectivity index (χ0n) is 11.1. The van der Waals surface area contributed by atoms with Crippen LogP contribution in [0.25, 0.3) is 0 Å². The van der Waals surface area contributed by atoms with Gasteiger partial charge in [-0.05, 0) is 57.4 Å². The lowest BCUT2D eigenvalue weighted by Gasteiger charge is -2.41. The SMILES string of the molecule is COC1CCCC(N2CCCC(CCO)C2)C1. The van der Waals surface area contributed by atoms with Crippen LogP contribution in [0.15, 0.2) is 0 Å². The number of rotatable bonds is 4. The second-order valence-corrected chi connectivity index (χ2v) is 5.69. The molecular formula is C14H27NO2. The van der Waals surface area contributed by atoms with E-state index in [-0.39, 0.29) is 0 Å². The number of hydrogen-bond donors (Lipinski definition) is 1. The molecule has 1 saturated heterocycles. The molecule has 0 aromatic rings. The molecule has 0 aromatic carbocycles. The summed E-state index contributed by atoms with van der Waals surface area (Å²) in [5, 5.41) is 9.06. The van der Waals surface area contributed by atoms with Gasteiger partial charge in [0, 0.05) is 26.3 Å². The minimum atomic E-state index is 0.351. The van der Waals surface area contributed by atoms with E-state index in [0.717, 1.165) is 18.4 Å². The second kappa shape index (κ2) is 6.72. The van der Waals surface area contributed by atoms with Crippen LogP contribution in [0.4, 0.5) is 0 Å². The highest BCUT2D eigenvalue weighted by Gasteiger charge is 2.29. The largest absolute Gasteiger partial charge is 0.396 e. The quantitative estimate of drug-likeness (QED) is 0.817. The van der Waals surface area contributed by atoms with Gasteiger partial charge in [0.2, 0.25) is 0 Å². The zero-order valence-corrected chi connectivity index (χ0v) is 11.1. The summed E-state index contributed by atoms with van der Waals surface area (Å²) in [5.74, 6) is 0.719. The van der Waals surface area contributed by atoms with Crippen LogP contribution in [0, 0.1) is 5.92 Å². The van der Waals surface area contributed by atoms with Gasteiger partial charge < -0.3 is 14.7 Å². The molecule has 1 aliphatic carbocycles. The van der Waals surface area contributed by atoms with Crippen molar-refractivity contribution in [2.24, 2.45) is 5.92 Å². The molecule has 1 heterocycles. The first-order valence-corrected chi connectivity index (χ1v) is 7.21. The summed E-state index contributed by atoms with van der Waals surface area (Å²) in [5.41, 5.74) is 0. The average molecular weight is 241 g/mol. The molecule has 2 aliphatic rings. The molecule has 0 bridgehead atoms. The fraction of sp³-hybridized carbons (Fsp3) is 1.00. The van der Waals surface area contributed by atoms with Crippen molar-refractivity contribution in [1.82, 2.24) is 4.90 Å². The average Bonchev–Trinajstić information content (AvgIpc) is 2.40. The predicted octanol–water partition coefficient (Wildman–Crippen LogP) is 2.04. The molecule has 0 amide bonds. The first-order chi connectivity index (χ1) is 8.33. The number of methoxy groups -OCH3 is 1. The van der Waals surface area contributed by atoms with Gasteiger partial charge in [-0.25, -0.2) is 0 Å². The van der Waals surface area contributed by atoms with Gasteiger partial charge in [0.15, 0.2) is 0 Å². The maximum atomic E-state index is 9.06. The Balaban J connectivity index is 1.83. The molecule has 1 N–H and O–H groups in total. The van der Waals surface area contributed by atoms with Crippen molar-refractivity contribution in [1.29, 1.82) is 0 Å². The number of ether oxygens (including phenoxy) is 1. The standard InChI is InChI=1S/C14H27NO2/c1-17-14-6-2-5-13(10-14)15-8-3-4-12(11-15)7-9-16/h12-14,16H,2-11H2,1H3. The highest BCUT2D eigenvalue weighted by atomic mass is 16.5. The molecule has 0 aromatic heterocycles. The number of hydrogen-bond acceptors (Lipinski definition) is 3. The summed E-state index contributed by atoms with van der Waals surface area (Å²) < 4.78 is 5.52. The van der Waals surface area contributed by atoms with Crippen LogP contribution in [-0.2, 0) is 4.74 Å². The number of aliphatic hydroxyl groups is 1. The van der Waals surface area contributed by atoms with E-state index in [1.54, 1.807) is 0 Å². The third-order valence-corrected chi connectivity index (χ3v) is 4.54. The van der Waals surface area contributed by atoms with Crippen molar-refractivity contribution in [3.63, 3.8) is 0 Å². The van der Waals surface area contributed by atoms with Crippen molar-refractivity contribution in [3.05, 3.63) is 0 Å². The first kappa shape index (κ1) is 13.3. The Labute approximate surface area is 105 Å². The summed E-state index contributed by atoms with van der Waals surface area (Å²) in [4.78, 5) is 2.66. The molecule has 17 heavy (non-hydrogen) atoms. The molecule has 0 spiro atoms. The number of likely N-dealkylation sites (tertiary alicyclic amines) is 1. The molecule has 1 saturated carbocycles. The monoisotopic (exact) mass is 241 g/mol. The maximum absolute atomic E-state index is 9.06. The predicted molar refractivity (Wildman–Crippen MR) is 69.1 cm³/mol. The summed E-state index contributed by atoms with van der Waals surface area (Å²) in [6.07, 6.45) is 9.17. The molecular weight excluding hydrogens is 214 g/mol. The highest BCUT2D eigenvalue weighted by Crippen LogP contribution is 2.29. The van der Waals surface area contributed by atoms with Gasteiger partial charge in [-0.15, -0.1) is 0 Å². The third kappa shape index (κ3) is 3.67. The molecule has 2 fully saturated rings. The lowest BCUT2D eigenvalue weighted by atomic mass is 9.88. The second-order valence-electron chi connectivity index (χ2n) is 5.69. The van der Waals surface area contributed by atoms with E-state index in [4.69, 9.17) is 9.84 Å². The van der Waals surface area contributed by atoms with E-state index in [1.165, 1.54) is 51.6 Å². The van der Waals surface area contributed by atoms with Gasteiger partial charge >= 0.3 is 0 Å². The zero-order chi connectivity index (χ0) is 12.1. The molecule has 100 valence electrons. The lowest BCUT2D eigenvalue weighted by Crippen LogP contribution is -2.46. The fourth-order valence-electron chi connectivity index (χ4n) is 3.51. The molecule has 3 atom stereocenters. The van der Waals surface area contributed by atoms with Crippen LogP contribution >= 0.6 is 0 Å². The Kier molecular flexibility index (Phi) is 5.26. The summed E-state index contributed by atoms with van der Waals surface area (Å²) >= 11 is 0. The van der Waals surface area contributed by atoms with E-state index < -0.39 is 0 Å². The van der Waals surface area contributed by atoms with Crippen molar-refractivity contribution in [2.45, 2.75) is 57.1 Å². The van der Waals surface area contributed by atoms with Crippen molar-refractivity contribution < 1.29 is 9.84 Å². The first-order valence-electron chi connectivity index (χ1n) is 7.21. The molecule has 3 nitrogen and oxygen atoms in total. The van der Waals surface area contributed by atoms with Crippen LogP contribution in [-0.4, -0.2) is 49.0 Å². The van der Waals surface area contributed by atoms with Gasteiger partial charge in [-0.2, -0.15) is 0 Å². The normalized spacial score (nSPS) is 36.0. The van der Waals surface area contributed by atoms with E-state index >= 15 is 0 Å². The fourth-order valence-corrected chi connectivity index (χ4v) is 3.51. The van der Waals surface area contributed by atoms with Crippen molar-refractivity contribution in [3.8, 4) is 0 Å². The number of nitrogens with zero attached hydrogens (tertiary/aromatic N) is 1. The smallest absolute Gasteiger partial charge is 0.0586 e. The molecule has 0 radical (unpaired) electrons. The Hall–Kier alpha value is -0.120. The van der Waals surface area contributed by atoms with Crippen molar-refractivity contribution >= 4 is 0 Å². The summed E-state index contributed by atoms with van der Waals surface area (Å²) in [7, 11) is 1.85. The van der Waals surface area contributed by atoms with E-state index in [0.29, 0.717) is 12.7 Å². The van der Waals surface area contributed by atoms with Gasteiger partial charge in [-0.1, -0.05) is 0 Å². The molecule has 1 aliphatic heterocycles. The minimum Gasteiger partial charge on any atom is -0.396 e. The summed E-state index contributed by atoms with van der Waals surface area (Å²) in [6, 6.07) is 0.732. The highest BCUT2D eigenvalue weighted by molar-refractivity contribution is 4.84. The van der Waals surface area contributed by atoms with Crippen LogP contribution in [0.5, 0.6) is 0 Å². The Morgan fingerprint density at radius 3 is 2.88 bits per heavy atom. The van der Waals surface area contributed by atoms with Crippen molar-refractivity contribution in [2.75, 3.05) is 26.8 Å².